The maximum absolute atomic E-state index is 11.8. The Morgan fingerprint density at radius 2 is 2.38 bits per heavy atom. The first-order chi connectivity index (χ1) is 7.55. The molecule has 1 saturated heterocycles. The molecule has 1 aliphatic heterocycles. The zero-order chi connectivity index (χ0) is 12.0. The zero-order valence-electron chi connectivity index (χ0n) is 10.1. The highest BCUT2D eigenvalue weighted by Gasteiger charge is 2.24. The van der Waals surface area contributed by atoms with Crippen LogP contribution in [0.4, 0.5) is 0 Å². The lowest BCUT2D eigenvalue weighted by atomic mass is 10.0. The van der Waals surface area contributed by atoms with E-state index in [4.69, 9.17) is 0 Å². The van der Waals surface area contributed by atoms with Gasteiger partial charge >= 0.3 is 0 Å². The van der Waals surface area contributed by atoms with E-state index in [1.165, 1.54) is 0 Å². The number of rotatable bonds is 5. The largest absolute Gasteiger partial charge is 0.387 e. The van der Waals surface area contributed by atoms with Gasteiger partial charge in [0, 0.05) is 12.3 Å². The molecule has 1 fully saturated rings. The summed E-state index contributed by atoms with van der Waals surface area (Å²) in [7, 11) is 0. The highest BCUT2D eigenvalue weighted by molar-refractivity contribution is 7.98. The first kappa shape index (κ1) is 13.8. The topological polar surface area (TPSA) is 61.4 Å². The lowest BCUT2D eigenvalue weighted by molar-refractivity contribution is -0.124. The van der Waals surface area contributed by atoms with Crippen LogP contribution in [0, 0.1) is 0 Å². The summed E-state index contributed by atoms with van der Waals surface area (Å²) < 4.78 is 0. The van der Waals surface area contributed by atoms with Gasteiger partial charge in [-0.2, -0.15) is 11.8 Å². The molecule has 0 radical (unpaired) electrons. The average Bonchev–Trinajstić information content (AvgIpc) is 2.27. The Morgan fingerprint density at radius 3 is 2.94 bits per heavy atom. The third kappa shape index (κ3) is 4.72. The molecule has 2 atom stereocenters. The summed E-state index contributed by atoms with van der Waals surface area (Å²) in [6.45, 7) is 2.99. The fourth-order valence-electron chi connectivity index (χ4n) is 1.84. The van der Waals surface area contributed by atoms with Crippen LogP contribution >= 0.6 is 11.8 Å². The number of hydrogen-bond acceptors (Lipinski definition) is 4. The van der Waals surface area contributed by atoms with E-state index in [2.05, 4.69) is 10.6 Å². The molecule has 5 heteroatoms. The Hall–Kier alpha value is -0.260. The van der Waals surface area contributed by atoms with Crippen LogP contribution < -0.4 is 10.6 Å². The van der Waals surface area contributed by atoms with Crippen molar-refractivity contribution in [1.82, 2.24) is 10.6 Å². The van der Waals surface area contributed by atoms with Crippen molar-refractivity contribution >= 4 is 17.7 Å². The van der Waals surface area contributed by atoms with Crippen molar-refractivity contribution in [3.8, 4) is 0 Å². The van der Waals surface area contributed by atoms with Gasteiger partial charge < -0.3 is 15.7 Å². The number of carbonyl (C=O) groups is 1. The van der Waals surface area contributed by atoms with Gasteiger partial charge in [0.25, 0.3) is 0 Å². The number of aliphatic hydroxyl groups is 1. The van der Waals surface area contributed by atoms with Crippen LogP contribution in [-0.2, 0) is 4.79 Å². The Kier molecular flexibility index (Phi) is 5.58. The molecule has 0 bridgehead atoms. The van der Waals surface area contributed by atoms with Crippen LogP contribution in [0.1, 0.15) is 26.2 Å². The molecule has 94 valence electrons. The summed E-state index contributed by atoms with van der Waals surface area (Å²) in [6, 6.07) is -0.0705. The van der Waals surface area contributed by atoms with Crippen molar-refractivity contribution < 1.29 is 9.90 Å². The van der Waals surface area contributed by atoms with Gasteiger partial charge in [0.2, 0.25) is 5.91 Å². The number of carbonyl (C=O) groups excluding carboxylic acids is 1. The van der Waals surface area contributed by atoms with Gasteiger partial charge in [-0.05, 0) is 32.6 Å². The van der Waals surface area contributed by atoms with Crippen molar-refractivity contribution in [1.29, 1.82) is 0 Å². The number of nitrogens with one attached hydrogen (secondary N) is 2. The average molecular weight is 246 g/mol. The normalized spacial score (nSPS) is 24.8. The molecule has 0 aromatic carbocycles. The maximum Gasteiger partial charge on any atom is 0.237 e. The molecule has 0 aromatic rings. The van der Waals surface area contributed by atoms with E-state index in [9.17, 15) is 9.90 Å². The fourth-order valence-corrected chi connectivity index (χ4v) is 2.56. The predicted molar refractivity (Wildman–Crippen MR) is 67.7 cm³/mol. The Balaban J connectivity index is 2.28. The molecule has 1 rings (SSSR count). The zero-order valence-corrected chi connectivity index (χ0v) is 10.9. The Bertz CT molecular complexity index is 228. The monoisotopic (exact) mass is 246 g/mol. The van der Waals surface area contributed by atoms with E-state index >= 15 is 0 Å². The maximum atomic E-state index is 11.8. The molecule has 3 N–H and O–H groups in total. The van der Waals surface area contributed by atoms with Crippen LogP contribution in [0.15, 0.2) is 0 Å². The van der Waals surface area contributed by atoms with E-state index in [1.807, 2.05) is 6.26 Å². The highest BCUT2D eigenvalue weighted by atomic mass is 32.2. The van der Waals surface area contributed by atoms with Gasteiger partial charge in [-0.25, -0.2) is 0 Å². The van der Waals surface area contributed by atoms with Crippen LogP contribution in [0.3, 0.4) is 0 Å². The second-order valence-corrected chi connectivity index (χ2v) is 5.52. The Labute approximate surface area is 102 Å². The highest BCUT2D eigenvalue weighted by Crippen LogP contribution is 2.10. The smallest absolute Gasteiger partial charge is 0.237 e. The minimum Gasteiger partial charge on any atom is -0.387 e. The summed E-state index contributed by atoms with van der Waals surface area (Å²) in [6.07, 6.45) is 5.09. The van der Waals surface area contributed by atoms with Crippen LogP contribution in [0.5, 0.6) is 0 Å². The number of thioether (sulfide) groups is 1. The van der Waals surface area contributed by atoms with Gasteiger partial charge in [-0.3, -0.25) is 4.79 Å². The molecule has 0 aliphatic carbocycles. The first-order valence-corrected chi connectivity index (χ1v) is 7.17. The molecule has 0 saturated carbocycles. The van der Waals surface area contributed by atoms with Crippen molar-refractivity contribution in [3.05, 3.63) is 0 Å². The molecule has 1 heterocycles. The van der Waals surface area contributed by atoms with Crippen molar-refractivity contribution in [2.75, 3.05) is 25.1 Å². The second kappa shape index (κ2) is 6.47. The molecule has 0 aromatic heterocycles. The van der Waals surface area contributed by atoms with Crippen LogP contribution in [0.2, 0.25) is 0 Å². The van der Waals surface area contributed by atoms with Gasteiger partial charge in [-0.1, -0.05) is 6.42 Å². The summed E-state index contributed by atoms with van der Waals surface area (Å²) in [5, 5.41) is 15.9. The molecule has 0 spiro atoms. The van der Waals surface area contributed by atoms with Gasteiger partial charge in [-0.15, -0.1) is 0 Å². The SMILES string of the molecule is CSCC(C)(O)CNC(=O)[C@@H]1CCCCN1. The van der Waals surface area contributed by atoms with Crippen molar-refractivity contribution in [2.24, 2.45) is 0 Å². The van der Waals surface area contributed by atoms with Gasteiger partial charge in [0.15, 0.2) is 0 Å². The van der Waals surface area contributed by atoms with E-state index in [0.29, 0.717) is 12.3 Å². The predicted octanol–water partition coefficient (Wildman–Crippen LogP) is 0.359. The van der Waals surface area contributed by atoms with E-state index in [0.717, 1.165) is 25.8 Å². The van der Waals surface area contributed by atoms with Gasteiger partial charge in [0.05, 0.1) is 11.6 Å². The van der Waals surface area contributed by atoms with Crippen molar-refractivity contribution in [3.63, 3.8) is 0 Å². The fraction of sp³-hybridized carbons (Fsp3) is 0.909. The number of amides is 1. The number of hydrogen-bond donors (Lipinski definition) is 3. The Morgan fingerprint density at radius 1 is 1.62 bits per heavy atom. The molecule has 16 heavy (non-hydrogen) atoms. The summed E-state index contributed by atoms with van der Waals surface area (Å²) in [5.74, 6) is 0.645. The van der Waals surface area contributed by atoms with Crippen LogP contribution in [0.25, 0.3) is 0 Å². The second-order valence-electron chi connectivity index (χ2n) is 4.65. The van der Waals surface area contributed by atoms with Crippen LogP contribution in [-0.4, -0.2) is 47.8 Å². The van der Waals surface area contributed by atoms with E-state index in [1.54, 1.807) is 18.7 Å². The summed E-state index contributed by atoms with van der Waals surface area (Å²) in [4.78, 5) is 11.8. The summed E-state index contributed by atoms with van der Waals surface area (Å²) in [5.41, 5.74) is -0.816. The summed E-state index contributed by atoms with van der Waals surface area (Å²) >= 11 is 1.58. The minimum atomic E-state index is -0.816. The molecule has 1 amide bonds. The van der Waals surface area contributed by atoms with E-state index in [-0.39, 0.29) is 11.9 Å². The molecule has 1 unspecified atom stereocenters. The molecular formula is C11H22N2O2S. The number of piperidine rings is 1. The first-order valence-electron chi connectivity index (χ1n) is 5.77. The molecule has 4 nitrogen and oxygen atoms in total. The van der Waals surface area contributed by atoms with Gasteiger partial charge in [0.1, 0.15) is 0 Å². The molecule has 1 aliphatic rings. The van der Waals surface area contributed by atoms with Crippen molar-refractivity contribution in [2.45, 2.75) is 37.8 Å². The third-order valence-electron chi connectivity index (χ3n) is 2.73. The third-order valence-corrected chi connectivity index (χ3v) is 3.64. The van der Waals surface area contributed by atoms with E-state index < -0.39 is 5.60 Å². The molecular weight excluding hydrogens is 224 g/mol. The lowest BCUT2D eigenvalue weighted by Crippen LogP contribution is -2.51. The quantitative estimate of drug-likeness (QED) is 0.655. The standard InChI is InChI=1S/C11H22N2O2S/c1-11(15,8-16-2)7-13-10(14)9-5-3-4-6-12-9/h9,12,15H,3-8H2,1-2H3,(H,13,14)/t9-,11?/m0/s1. The lowest BCUT2D eigenvalue weighted by Gasteiger charge is -2.26. The minimum absolute atomic E-state index is 0.0149.